The molecule has 0 unspecified atom stereocenters. The van der Waals surface area contributed by atoms with Crippen LogP contribution in [-0.4, -0.2) is 9.90 Å². The van der Waals surface area contributed by atoms with E-state index in [9.17, 15) is 4.79 Å². The highest BCUT2D eigenvalue weighted by molar-refractivity contribution is 9.09. The number of hydrogen-bond donors (Lipinski definition) is 0. The summed E-state index contributed by atoms with van der Waals surface area (Å²) in [5, 5.41) is 2.67. The SMILES string of the molecule is CC(C)(CBr)Cn1ccc2ccccc2c1=O. The molecule has 0 aliphatic heterocycles. The van der Waals surface area contributed by atoms with Gasteiger partial charge < -0.3 is 4.57 Å². The topological polar surface area (TPSA) is 22.0 Å². The maximum Gasteiger partial charge on any atom is 0.258 e. The number of halogens is 1. The fourth-order valence-corrected chi connectivity index (χ4v) is 2.04. The molecule has 3 heteroatoms. The predicted molar refractivity (Wildman–Crippen MR) is 75.8 cm³/mol. The van der Waals surface area contributed by atoms with Crippen LogP contribution in [0.15, 0.2) is 41.3 Å². The van der Waals surface area contributed by atoms with Gasteiger partial charge in [-0.15, -0.1) is 0 Å². The zero-order valence-electron chi connectivity index (χ0n) is 10.1. The zero-order valence-corrected chi connectivity index (χ0v) is 11.7. The van der Waals surface area contributed by atoms with E-state index in [-0.39, 0.29) is 11.0 Å². The number of alkyl halides is 1. The van der Waals surface area contributed by atoms with Gasteiger partial charge in [0.05, 0.1) is 0 Å². The molecule has 2 nitrogen and oxygen atoms in total. The molecule has 0 saturated heterocycles. The fourth-order valence-electron chi connectivity index (χ4n) is 1.86. The lowest BCUT2D eigenvalue weighted by atomic mass is 9.96. The number of benzene rings is 1. The lowest BCUT2D eigenvalue weighted by Gasteiger charge is -2.22. The molecule has 1 aromatic carbocycles. The molecule has 1 aromatic heterocycles. The standard InChI is InChI=1S/C14H16BrNO/c1-14(2,9-15)10-16-8-7-11-5-3-4-6-12(11)13(16)17/h3-8H,9-10H2,1-2H3. The highest BCUT2D eigenvalue weighted by atomic mass is 79.9. The minimum Gasteiger partial charge on any atom is -0.314 e. The summed E-state index contributed by atoms with van der Waals surface area (Å²) >= 11 is 3.49. The van der Waals surface area contributed by atoms with E-state index in [2.05, 4.69) is 29.8 Å². The molecule has 0 atom stereocenters. The van der Waals surface area contributed by atoms with Crippen LogP contribution in [0.3, 0.4) is 0 Å². The first kappa shape index (κ1) is 12.4. The quantitative estimate of drug-likeness (QED) is 0.795. The third kappa shape index (κ3) is 2.60. The Morgan fingerprint density at radius 2 is 1.94 bits per heavy atom. The number of pyridine rings is 1. The minimum atomic E-state index is 0.0757. The first-order valence-electron chi connectivity index (χ1n) is 5.68. The lowest BCUT2D eigenvalue weighted by molar-refractivity contribution is 0.350. The highest BCUT2D eigenvalue weighted by Gasteiger charge is 2.17. The molecular formula is C14H16BrNO. The van der Waals surface area contributed by atoms with Gasteiger partial charge in [-0.1, -0.05) is 48.0 Å². The van der Waals surface area contributed by atoms with Crippen LogP contribution in [0.25, 0.3) is 10.8 Å². The van der Waals surface area contributed by atoms with Crippen molar-refractivity contribution in [3.63, 3.8) is 0 Å². The van der Waals surface area contributed by atoms with Crippen molar-refractivity contribution in [3.8, 4) is 0 Å². The van der Waals surface area contributed by atoms with Gasteiger partial charge in [-0.25, -0.2) is 0 Å². The van der Waals surface area contributed by atoms with Crippen LogP contribution in [0.5, 0.6) is 0 Å². The maximum absolute atomic E-state index is 12.3. The fraction of sp³-hybridized carbons (Fsp3) is 0.357. The summed E-state index contributed by atoms with van der Waals surface area (Å²) in [5.41, 5.74) is 0.170. The second-order valence-corrected chi connectivity index (χ2v) is 5.69. The molecule has 0 fully saturated rings. The van der Waals surface area contributed by atoms with E-state index in [0.29, 0.717) is 0 Å². The van der Waals surface area contributed by atoms with Crippen LogP contribution in [0.2, 0.25) is 0 Å². The summed E-state index contributed by atoms with van der Waals surface area (Å²) in [5.74, 6) is 0. The minimum absolute atomic E-state index is 0.0757. The van der Waals surface area contributed by atoms with Gasteiger partial charge in [0.25, 0.3) is 5.56 Å². The number of fused-ring (bicyclic) bond motifs is 1. The van der Waals surface area contributed by atoms with E-state index in [4.69, 9.17) is 0 Å². The van der Waals surface area contributed by atoms with E-state index < -0.39 is 0 Å². The second-order valence-electron chi connectivity index (χ2n) is 5.13. The molecule has 0 N–H and O–H groups in total. The smallest absolute Gasteiger partial charge is 0.258 e. The summed E-state index contributed by atoms with van der Waals surface area (Å²) in [6.07, 6.45) is 1.88. The van der Waals surface area contributed by atoms with Crippen LogP contribution in [-0.2, 0) is 6.54 Å². The van der Waals surface area contributed by atoms with Crippen molar-refractivity contribution in [1.29, 1.82) is 0 Å². The molecule has 0 aliphatic carbocycles. The van der Waals surface area contributed by atoms with Gasteiger partial charge in [0.2, 0.25) is 0 Å². The Labute approximate surface area is 109 Å². The number of hydrogen-bond acceptors (Lipinski definition) is 1. The van der Waals surface area contributed by atoms with E-state index in [0.717, 1.165) is 22.6 Å². The summed E-state index contributed by atoms with van der Waals surface area (Å²) < 4.78 is 1.80. The zero-order chi connectivity index (χ0) is 12.5. The molecule has 0 radical (unpaired) electrons. The molecule has 0 aliphatic rings. The first-order valence-corrected chi connectivity index (χ1v) is 6.80. The molecule has 17 heavy (non-hydrogen) atoms. The third-order valence-electron chi connectivity index (χ3n) is 2.85. The predicted octanol–water partition coefficient (Wildman–Crippen LogP) is 3.42. The molecule has 0 bridgehead atoms. The van der Waals surface area contributed by atoms with Crippen LogP contribution < -0.4 is 5.56 Å². The van der Waals surface area contributed by atoms with Gasteiger partial charge in [-0.05, 0) is 22.9 Å². The molecule has 1 heterocycles. The Balaban J connectivity index is 2.50. The average Bonchev–Trinajstić information content (AvgIpc) is 2.33. The Morgan fingerprint density at radius 1 is 1.24 bits per heavy atom. The lowest BCUT2D eigenvalue weighted by Crippen LogP contribution is -2.29. The average molecular weight is 294 g/mol. The van der Waals surface area contributed by atoms with Crippen LogP contribution in [0.4, 0.5) is 0 Å². The summed E-state index contributed by atoms with van der Waals surface area (Å²) in [6.45, 7) is 5.01. The molecule has 0 spiro atoms. The molecule has 0 amide bonds. The third-order valence-corrected chi connectivity index (χ3v) is 4.36. The number of nitrogens with zero attached hydrogens (tertiary/aromatic N) is 1. The van der Waals surface area contributed by atoms with Gasteiger partial charge in [0, 0.05) is 23.5 Å². The largest absolute Gasteiger partial charge is 0.314 e. The monoisotopic (exact) mass is 293 g/mol. The van der Waals surface area contributed by atoms with E-state index in [1.807, 2.05) is 36.5 Å². The van der Waals surface area contributed by atoms with Gasteiger partial charge in [0.15, 0.2) is 0 Å². The van der Waals surface area contributed by atoms with Crippen molar-refractivity contribution in [1.82, 2.24) is 4.57 Å². The number of rotatable bonds is 3. The van der Waals surface area contributed by atoms with Crippen molar-refractivity contribution in [3.05, 3.63) is 46.9 Å². The van der Waals surface area contributed by atoms with Crippen molar-refractivity contribution >= 4 is 26.7 Å². The van der Waals surface area contributed by atoms with E-state index >= 15 is 0 Å². The van der Waals surface area contributed by atoms with E-state index in [1.54, 1.807) is 4.57 Å². The van der Waals surface area contributed by atoms with Gasteiger partial charge in [-0.3, -0.25) is 4.79 Å². The van der Waals surface area contributed by atoms with Crippen LogP contribution in [0.1, 0.15) is 13.8 Å². The Bertz CT molecular complexity index is 586. The molecular weight excluding hydrogens is 278 g/mol. The summed E-state index contributed by atoms with van der Waals surface area (Å²) in [4.78, 5) is 12.3. The highest BCUT2D eigenvalue weighted by Crippen LogP contribution is 2.20. The van der Waals surface area contributed by atoms with Crippen molar-refractivity contribution in [2.24, 2.45) is 5.41 Å². The van der Waals surface area contributed by atoms with Gasteiger partial charge in [0.1, 0.15) is 0 Å². The van der Waals surface area contributed by atoms with Crippen LogP contribution in [0, 0.1) is 5.41 Å². The summed E-state index contributed by atoms with van der Waals surface area (Å²) in [7, 11) is 0. The van der Waals surface area contributed by atoms with E-state index in [1.165, 1.54) is 0 Å². The Morgan fingerprint density at radius 3 is 2.65 bits per heavy atom. The Kier molecular flexibility index (Phi) is 3.38. The number of aromatic nitrogens is 1. The maximum atomic E-state index is 12.3. The molecule has 2 rings (SSSR count). The van der Waals surface area contributed by atoms with Gasteiger partial charge >= 0.3 is 0 Å². The molecule has 2 aromatic rings. The van der Waals surface area contributed by atoms with Crippen molar-refractivity contribution in [2.45, 2.75) is 20.4 Å². The van der Waals surface area contributed by atoms with Crippen LogP contribution >= 0.6 is 15.9 Å². The van der Waals surface area contributed by atoms with Crippen molar-refractivity contribution in [2.75, 3.05) is 5.33 Å². The van der Waals surface area contributed by atoms with Crippen molar-refractivity contribution < 1.29 is 0 Å². The molecule has 90 valence electrons. The Hall–Kier alpha value is -1.09. The molecule has 0 saturated carbocycles. The normalized spacial score (nSPS) is 11.9. The second kappa shape index (κ2) is 4.65. The first-order chi connectivity index (χ1) is 8.03. The van der Waals surface area contributed by atoms with Gasteiger partial charge in [-0.2, -0.15) is 0 Å². The summed E-state index contributed by atoms with van der Waals surface area (Å²) in [6, 6.07) is 9.71.